The van der Waals surface area contributed by atoms with Gasteiger partial charge in [0.25, 0.3) is 0 Å². The zero-order chi connectivity index (χ0) is 9.97. The third-order valence-electron chi connectivity index (χ3n) is 3.07. The molecule has 0 aliphatic heterocycles. The Morgan fingerprint density at radius 3 is 2.64 bits per heavy atom. The number of aliphatic hydroxyl groups is 1. The van der Waals surface area contributed by atoms with Crippen molar-refractivity contribution in [2.45, 2.75) is 37.8 Å². The minimum Gasteiger partial charge on any atom is -0.393 e. The summed E-state index contributed by atoms with van der Waals surface area (Å²) in [5, 5.41) is 12.9. The van der Waals surface area contributed by atoms with E-state index in [1.165, 1.54) is 5.00 Å². The fourth-order valence-electron chi connectivity index (χ4n) is 2.10. The monoisotopic (exact) mass is 211 g/mol. The molecule has 0 saturated heterocycles. The second-order valence-electron chi connectivity index (χ2n) is 4.02. The third kappa shape index (κ3) is 2.10. The number of rotatable bonds is 2. The van der Waals surface area contributed by atoms with Gasteiger partial charge in [0, 0.05) is 13.1 Å². The van der Waals surface area contributed by atoms with Gasteiger partial charge in [-0.25, -0.2) is 0 Å². The maximum absolute atomic E-state index is 9.42. The van der Waals surface area contributed by atoms with E-state index in [1.807, 2.05) is 0 Å². The molecule has 0 aromatic carbocycles. The molecule has 1 aromatic heterocycles. The van der Waals surface area contributed by atoms with Crippen LogP contribution in [0.4, 0.5) is 5.00 Å². The Balaban J connectivity index is 1.95. The van der Waals surface area contributed by atoms with E-state index < -0.39 is 0 Å². The van der Waals surface area contributed by atoms with E-state index in [2.05, 4.69) is 29.5 Å². The van der Waals surface area contributed by atoms with Crippen molar-refractivity contribution in [2.75, 3.05) is 11.9 Å². The maximum Gasteiger partial charge on any atom is 0.0908 e. The third-order valence-corrected chi connectivity index (χ3v) is 4.03. The van der Waals surface area contributed by atoms with Crippen LogP contribution in [0.1, 0.15) is 25.7 Å². The zero-order valence-corrected chi connectivity index (χ0v) is 9.33. The molecule has 1 aliphatic rings. The molecule has 1 aromatic rings. The first-order valence-corrected chi connectivity index (χ1v) is 6.10. The van der Waals surface area contributed by atoms with Gasteiger partial charge < -0.3 is 10.0 Å². The van der Waals surface area contributed by atoms with Gasteiger partial charge >= 0.3 is 0 Å². The molecule has 0 bridgehead atoms. The fourth-order valence-corrected chi connectivity index (χ4v) is 2.87. The first kappa shape index (κ1) is 9.99. The van der Waals surface area contributed by atoms with Crippen molar-refractivity contribution in [1.29, 1.82) is 0 Å². The van der Waals surface area contributed by atoms with E-state index in [-0.39, 0.29) is 6.10 Å². The lowest BCUT2D eigenvalue weighted by Gasteiger charge is -2.33. The maximum atomic E-state index is 9.42. The second kappa shape index (κ2) is 4.32. The summed E-state index contributed by atoms with van der Waals surface area (Å²) in [4.78, 5) is 2.36. The van der Waals surface area contributed by atoms with Crippen molar-refractivity contribution < 1.29 is 5.11 Å². The van der Waals surface area contributed by atoms with Gasteiger partial charge in [-0.2, -0.15) is 0 Å². The molecule has 0 radical (unpaired) electrons. The Labute approximate surface area is 89.2 Å². The van der Waals surface area contributed by atoms with Crippen LogP contribution in [0, 0.1) is 0 Å². The lowest BCUT2D eigenvalue weighted by Crippen LogP contribution is -2.35. The van der Waals surface area contributed by atoms with Crippen LogP contribution in [-0.4, -0.2) is 24.3 Å². The van der Waals surface area contributed by atoms with Crippen LogP contribution in [0.3, 0.4) is 0 Å². The first-order valence-electron chi connectivity index (χ1n) is 5.22. The fraction of sp³-hybridized carbons (Fsp3) is 0.636. The molecule has 78 valence electrons. The summed E-state index contributed by atoms with van der Waals surface area (Å²) in [6, 6.07) is 4.88. The lowest BCUT2D eigenvalue weighted by molar-refractivity contribution is 0.122. The van der Waals surface area contributed by atoms with Gasteiger partial charge in [0.05, 0.1) is 11.1 Å². The number of thiophene rings is 1. The Bertz CT molecular complexity index is 265. The predicted octanol–water partition coefficient (Wildman–Crippen LogP) is 2.49. The van der Waals surface area contributed by atoms with Crippen LogP contribution in [-0.2, 0) is 0 Å². The van der Waals surface area contributed by atoms with E-state index >= 15 is 0 Å². The highest BCUT2D eigenvalue weighted by Crippen LogP contribution is 2.28. The Morgan fingerprint density at radius 1 is 1.36 bits per heavy atom. The Morgan fingerprint density at radius 2 is 2.07 bits per heavy atom. The van der Waals surface area contributed by atoms with E-state index in [0.717, 1.165) is 25.7 Å². The summed E-state index contributed by atoms with van der Waals surface area (Å²) < 4.78 is 0. The molecular formula is C11H17NOS. The van der Waals surface area contributed by atoms with Crippen LogP contribution in [0.15, 0.2) is 17.5 Å². The quantitative estimate of drug-likeness (QED) is 0.812. The van der Waals surface area contributed by atoms with Gasteiger partial charge in [0.1, 0.15) is 0 Å². The number of anilines is 1. The molecule has 2 nitrogen and oxygen atoms in total. The van der Waals surface area contributed by atoms with Gasteiger partial charge in [0.15, 0.2) is 0 Å². The van der Waals surface area contributed by atoms with Gasteiger partial charge in [-0.3, -0.25) is 0 Å². The molecular weight excluding hydrogens is 194 g/mol. The van der Waals surface area contributed by atoms with Gasteiger partial charge in [-0.05, 0) is 43.2 Å². The molecule has 1 aliphatic carbocycles. The average Bonchev–Trinajstić information content (AvgIpc) is 2.71. The Kier molecular flexibility index (Phi) is 3.08. The van der Waals surface area contributed by atoms with Gasteiger partial charge in [-0.15, -0.1) is 11.3 Å². The Hall–Kier alpha value is -0.540. The SMILES string of the molecule is CN(c1cccs1)C1CCC(O)CC1. The normalized spacial score (nSPS) is 27.6. The summed E-state index contributed by atoms with van der Waals surface area (Å²) in [5.41, 5.74) is 0. The van der Waals surface area contributed by atoms with Crippen molar-refractivity contribution in [3.8, 4) is 0 Å². The molecule has 0 unspecified atom stereocenters. The van der Waals surface area contributed by atoms with Crippen molar-refractivity contribution in [3.63, 3.8) is 0 Å². The van der Waals surface area contributed by atoms with Crippen LogP contribution in [0.2, 0.25) is 0 Å². The summed E-state index contributed by atoms with van der Waals surface area (Å²) in [5.74, 6) is 0. The molecule has 1 saturated carbocycles. The first-order chi connectivity index (χ1) is 6.77. The molecule has 14 heavy (non-hydrogen) atoms. The molecule has 1 heterocycles. The van der Waals surface area contributed by atoms with Crippen LogP contribution < -0.4 is 4.90 Å². The van der Waals surface area contributed by atoms with Crippen LogP contribution in [0.5, 0.6) is 0 Å². The highest BCUT2D eigenvalue weighted by atomic mass is 32.1. The summed E-state index contributed by atoms with van der Waals surface area (Å²) in [6.45, 7) is 0. The molecule has 2 rings (SSSR count). The molecule has 3 heteroatoms. The van der Waals surface area contributed by atoms with Gasteiger partial charge in [-0.1, -0.05) is 0 Å². The second-order valence-corrected chi connectivity index (χ2v) is 4.95. The highest BCUT2D eigenvalue weighted by Gasteiger charge is 2.22. The molecule has 1 N–H and O–H groups in total. The summed E-state index contributed by atoms with van der Waals surface area (Å²) in [6.07, 6.45) is 4.11. The standard InChI is InChI=1S/C11H17NOS/c1-12(11-3-2-8-14-11)9-4-6-10(13)7-5-9/h2-3,8-10,13H,4-7H2,1H3. The van der Waals surface area contributed by atoms with Crippen molar-refractivity contribution in [1.82, 2.24) is 0 Å². The van der Waals surface area contributed by atoms with Crippen molar-refractivity contribution >= 4 is 16.3 Å². The van der Waals surface area contributed by atoms with E-state index in [4.69, 9.17) is 0 Å². The van der Waals surface area contributed by atoms with Crippen molar-refractivity contribution in [3.05, 3.63) is 17.5 Å². The number of hydrogen-bond acceptors (Lipinski definition) is 3. The highest BCUT2D eigenvalue weighted by molar-refractivity contribution is 7.14. The number of hydrogen-bond donors (Lipinski definition) is 1. The molecule has 0 atom stereocenters. The van der Waals surface area contributed by atoms with E-state index in [9.17, 15) is 5.11 Å². The minimum atomic E-state index is -0.0528. The van der Waals surface area contributed by atoms with Gasteiger partial charge in [0.2, 0.25) is 0 Å². The van der Waals surface area contributed by atoms with Crippen LogP contribution in [0.25, 0.3) is 0 Å². The molecule has 0 spiro atoms. The molecule has 1 fully saturated rings. The minimum absolute atomic E-state index is 0.0528. The van der Waals surface area contributed by atoms with E-state index in [1.54, 1.807) is 11.3 Å². The average molecular weight is 211 g/mol. The van der Waals surface area contributed by atoms with Crippen LogP contribution >= 0.6 is 11.3 Å². The largest absolute Gasteiger partial charge is 0.393 e. The predicted molar refractivity (Wildman–Crippen MR) is 61.0 cm³/mol. The number of nitrogens with zero attached hydrogens (tertiary/aromatic N) is 1. The molecule has 0 amide bonds. The topological polar surface area (TPSA) is 23.5 Å². The zero-order valence-electron chi connectivity index (χ0n) is 8.52. The summed E-state index contributed by atoms with van der Waals surface area (Å²) >= 11 is 1.79. The number of aliphatic hydroxyl groups excluding tert-OH is 1. The van der Waals surface area contributed by atoms with E-state index in [0.29, 0.717) is 6.04 Å². The summed E-state index contributed by atoms with van der Waals surface area (Å²) in [7, 11) is 2.16. The smallest absolute Gasteiger partial charge is 0.0908 e. The lowest BCUT2D eigenvalue weighted by atomic mass is 9.92. The van der Waals surface area contributed by atoms with Crippen molar-refractivity contribution in [2.24, 2.45) is 0 Å².